The third-order valence-corrected chi connectivity index (χ3v) is 4.53. The van der Waals surface area contributed by atoms with Crippen molar-refractivity contribution in [2.24, 2.45) is 0 Å². The van der Waals surface area contributed by atoms with E-state index in [1.807, 2.05) is 24.3 Å². The number of fused-ring (bicyclic) bond motifs is 1. The molecule has 0 saturated carbocycles. The van der Waals surface area contributed by atoms with Crippen LogP contribution >= 0.6 is 23.2 Å². The van der Waals surface area contributed by atoms with Gasteiger partial charge in [0.1, 0.15) is 5.15 Å². The highest BCUT2D eigenvalue weighted by atomic mass is 35.5. The Kier molecular flexibility index (Phi) is 5.25. The van der Waals surface area contributed by atoms with Gasteiger partial charge in [0, 0.05) is 12.2 Å². The maximum absolute atomic E-state index is 12.7. The molecule has 1 atom stereocenters. The van der Waals surface area contributed by atoms with Gasteiger partial charge in [-0.2, -0.15) is 0 Å². The zero-order valence-electron chi connectivity index (χ0n) is 13.5. The van der Waals surface area contributed by atoms with Gasteiger partial charge >= 0.3 is 5.97 Å². The van der Waals surface area contributed by atoms with Gasteiger partial charge in [0.25, 0.3) is 5.91 Å². The van der Waals surface area contributed by atoms with Crippen LogP contribution in [-0.4, -0.2) is 29.5 Å². The van der Waals surface area contributed by atoms with Crippen molar-refractivity contribution in [1.82, 2.24) is 4.98 Å². The van der Waals surface area contributed by atoms with Gasteiger partial charge in [-0.3, -0.25) is 4.79 Å². The van der Waals surface area contributed by atoms with E-state index in [1.54, 1.807) is 4.90 Å². The molecule has 3 rings (SSSR count). The number of ether oxygens (including phenoxy) is 1. The molecule has 7 heteroatoms. The molecule has 1 aliphatic heterocycles. The number of rotatable bonds is 3. The van der Waals surface area contributed by atoms with Gasteiger partial charge in [0.05, 0.1) is 5.02 Å². The number of amides is 1. The zero-order chi connectivity index (χ0) is 18.0. The predicted molar refractivity (Wildman–Crippen MR) is 96.3 cm³/mol. The molecule has 0 radical (unpaired) electrons. The van der Waals surface area contributed by atoms with Crippen LogP contribution in [0.1, 0.15) is 29.4 Å². The van der Waals surface area contributed by atoms with Crippen LogP contribution in [0, 0.1) is 0 Å². The lowest BCUT2D eigenvalue weighted by atomic mass is 10.0. The van der Waals surface area contributed by atoms with Crippen LogP contribution in [0.25, 0.3) is 0 Å². The normalized spacial score (nSPS) is 14.6. The number of carbonyl (C=O) groups excluding carboxylic acids is 2. The van der Waals surface area contributed by atoms with Gasteiger partial charge in [-0.1, -0.05) is 41.4 Å². The molecule has 1 amide bonds. The molecule has 0 saturated heterocycles. The molecule has 5 nitrogen and oxygen atoms in total. The second-order valence-electron chi connectivity index (χ2n) is 5.73. The predicted octanol–water partition coefficient (Wildman–Crippen LogP) is 3.91. The molecule has 2 aromatic rings. The van der Waals surface area contributed by atoms with E-state index < -0.39 is 12.1 Å². The summed E-state index contributed by atoms with van der Waals surface area (Å²) in [5, 5.41) is 0.248. The maximum atomic E-state index is 12.7. The Bertz CT molecular complexity index is 826. The molecule has 1 aromatic carbocycles. The topological polar surface area (TPSA) is 59.5 Å². The number of pyridine rings is 1. The van der Waals surface area contributed by atoms with Crippen molar-refractivity contribution in [1.29, 1.82) is 0 Å². The van der Waals surface area contributed by atoms with Gasteiger partial charge in [-0.05, 0) is 43.5 Å². The maximum Gasteiger partial charge on any atom is 0.359 e. The highest BCUT2D eigenvalue weighted by Gasteiger charge is 2.29. The summed E-state index contributed by atoms with van der Waals surface area (Å²) in [6, 6.07) is 10.7. The fourth-order valence-electron chi connectivity index (χ4n) is 2.81. The standard InChI is InChI=1S/C18H16Cl2N2O3/c1-11(25-18(24)16-13(19)8-9-15(20)21-16)17(23)22-10-4-6-12-5-2-3-7-14(12)22/h2-3,5,7-9,11H,4,6,10H2,1H3. The number of carbonyl (C=O) groups is 2. The molecular weight excluding hydrogens is 363 g/mol. The third kappa shape index (κ3) is 3.78. The second-order valence-corrected chi connectivity index (χ2v) is 6.53. The Balaban J connectivity index is 1.75. The van der Waals surface area contributed by atoms with Crippen molar-refractivity contribution in [2.45, 2.75) is 25.9 Å². The molecular formula is C18H16Cl2N2O3. The lowest BCUT2D eigenvalue weighted by Crippen LogP contribution is -2.42. The number of halogens is 2. The highest BCUT2D eigenvalue weighted by Crippen LogP contribution is 2.27. The first-order chi connectivity index (χ1) is 12.0. The van der Waals surface area contributed by atoms with Crippen molar-refractivity contribution < 1.29 is 14.3 Å². The van der Waals surface area contributed by atoms with E-state index in [0.29, 0.717) is 6.54 Å². The van der Waals surface area contributed by atoms with Gasteiger partial charge in [0.15, 0.2) is 11.8 Å². The number of nitrogens with zero attached hydrogens (tertiary/aromatic N) is 2. The van der Waals surface area contributed by atoms with Gasteiger partial charge in [0.2, 0.25) is 0 Å². The van der Waals surface area contributed by atoms with Crippen LogP contribution in [0.2, 0.25) is 10.2 Å². The lowest BCUT2D eigenvalue weighted by molar-refractivity contribution is -0.126. The molecule has 130 valence electrons. The minimum Gasteiger partial charge on any atom is -0.448 e. The Hall–Kier alpha value is -2.11. The number of anilines is 1. The van der Waals surface area contributed by atoms with E-state index >= 15 is 0 Å². The number of hydrogen-bond donors (Lipinski definition) is 0. The van der Waals surface area contributed by atoms with E-state index in [9.17, 15) is 9.59 Å². The minimum atomic E-state index is -0.962. The number of esters is 1. The van der Waals surface area contributed by atoms with E-state index in [4.69, 9.17) is 27.9 Å². The molecule has 1 unspecified atom stereocenters. The van der Waals surface area contributed by atoms with Crippen LogP contribution in [0.15, 0.2) is 36.4 Å². The number of para-hydroxylation sites is 1. The van der Waals surface area contributed by atoms with E-state index in [2.05, 4.69) is 4.98 Å². The summed E-state index contributed by atoms with van der Waals surface area (Å²) in [6.07, 6.45) is 0.830. The molecule has 1 aromatic heterocycles. The molecule has 0 spiro atoms. The van der Waals surface area contributed by atoms with Crippen molar-refractivity contribution in [2.75, 3.05) is 11.4 Å². The molecule has 1 aliphatic rings. The molecule has 0 aliphatic carbocycles. The Morgan fingerprint density at radius 3 is 2.76 bits per heavy atom. The highest BCUT2D eigenvalue weighted by molar-refractivity contribution is 6.34. The first-order valence-corrected chi connectivity index (χ1v) is 8.65. The molecule has 2 heterocycles. The average molecular weight is 379 g/mol. The zero-order valence-corrected chi connectivity index (χ0v) is 15.0. The van der Waals surface area contributed by atoms with Crippen LogP contribution in [-0.2, 0) is 16.0 Å². The van der Waals surface area contributed by atoms with Crippen LogP contribution in [0.4, 0.5) is 5.69 Å². The Labute approximate surface area is 155 Å². The van der Waals surface area contributed by atoms with Gasteiger partial charge in [-0.15, -0.1) is 0 Å². The second kappa shape index (κ2) is 7.42. The number of benzene rings is 1. The Morgan fingerprint density at radius 2 is 1.96 bits per heavy atom. The fourth-order valence-corrected chi connectivity index (χ4v) is 3.14. The van der Waals surface area contributed by atoms with Gasteiger partial charge in [-0.25, -0.2) is 9.78 Å². The molecule has 0 N–H and O–H groups in total. The number of aryl methyl sites for hydroxylation is 1. The summed E-state index contributed by atoms with van der Waals surface area (Å²) in [4.78, 5) is 30.5. The van der Waals surface area contributed by atoms with E-state index in [-0.39, 0.29) is 21.8 Å². The van der Waals surface area contributed by atoms with Crippen molar-refractivity contribution in [3.8, 4) is 0 Å². The fraction of sp³-hybridized carbons (Fsp3) is 0.278. The minimum absolute atomic E-state index is 0.104. The molecule has 25 heavy (non-hydrogen) atoms. The lowest BCUT2D eigenvalue weighted by Gasteiger charge is -2.31. The summed E-state index contributed by atoms with van der Waals surface area (Å²) < 4.78 is 5.27. The number of aromatic nitrogens is 1. The van der Waals surface area contributed by atoms with E-state index in [1.165, 1.54) is 19.1 Å². The molecule has 0 fully saturated rings. The average Bonchev–Trinajstić information content (AvgIpc) is 2.62. The quantitative estimate of drug-likeness (QED) is 0.599. The van der Waals surface area contributed by atoms with Crippen molar-refractivity contribution >= 4 is 40.8 Å². The SMILES string of the molecule is CC(OC(=O)c1nc(Cl)ccc1Cl)C(=O)N1CCCc2ccccc21. The summed E-state index contributed by atoms with van der Waals surface area (Å²) >= 11 is 11.7. The molecule has 0 bridgehead atoms. The largest absolute Gasteiger partial charge is 0.448 e. The van der Waals surface area contributed by atoms with Gasteiger partial charge < -0.3 is 9.64 Å². The summed E-state index contributed by atoms with van der Waals surface area (Å²) in [7, 11) is 0. The van der Waals surface area contributed by atoms with Crippen LogP contribution in [0.5, 0.6) is 0 Å². The Morgan fingerprint density at radius 1 is 1.20 bits per heavy atom. The van der Waals surface area contributed by atoms with Crippen LogP contribution < -0.4 is 4.90 Å². The first-order valence-electron chi connectivity index (χ1n) is 7.89. The third-order valence-electron chi connectivity index (χ3n) is 4.01. The summed E-state index contributed by atoms with van der Waals surface area (Å²) in [5.41, 5.74) is 1.87. The summed E-state index contributed by atoms with van der Waals surface area (Å²) in [5.74, 6) is -1.06. The van der Waals surface area contributed by atoms with E-state index in [0.717, 1.165) is 24.1 Å². The van der Waals surface area contributed by atoms with Crippen molar-refractivity contribution in [3.63, 3.8) is 0 Å². The summed E-state index contributed by atoms with van der Waals surface area (Å²) in [6.45, 7) is 2.13. The first kappa shape index (κ1) is 17.7. The monoisotopic (exact) mass is 378 g/mol. The van der Waals surface area contributed by atoms with Crippen molar-refractivity contribution in [3.05, 3.63) is 57.8 Å². The van der Waals surface area contributed by atoms with Crippen LogP contribution in [0.3, 0.4) is 0 Å². The number of hydrogen-bond acceptors (Lipinski definition) is 4. The smallest absolute Gasteiger partial charge is 0.359 e.